The molecule has 1 atom stereocenters. The van der Waals surface area contributed by atoms with Gasteiger partial charge in [0.05, 0.1) is 9.72 Å². The second-order valence-corrected chi connectivity index (χ2v) is 9.88. The molecule has 0 bridgehead atoms. The highest BCUT2D eigenvalue weighted by atomic mass is 79.9. The van der Waals surface area contributed by atoms with Gasteiger partial charge < -0.3 is 0 Å². The van der Waals surface area contributed by atoms with Crippen LogP contribution in [-0.2, 0) is 15.4 Å². The average molecular weight is 410 g/mol. The summed E-state index contributed by atoms with van der Waals surface area (Å²) in [4.78, 5) is 0.211. The van der Waals surface area contributed by atoms with Crippen LogP contribution in [0.25, 0.3) is 0 Å². The summed E-state index contributed by atoms with van der Waals surface area (Å²) in [5, 5.41) is 0. The Morgan fingerprint density at radius 2 is 1.54 bits per heavy atom. The minimum absolute atomic E-state index is 0.0771. The first-order chi connectivity index (χ1) is 11.1. The Hall–Kier alpha value is -1.17. The number of hydrogen-bond donors (Lipinski definition) is 1. The van der Waals surface area contributed by atoms with Crippen molar-refractivity contribution in [2.45, 2.75) is 42.8 Å². The van der Waals surface area contributed by atoms with Gasteiger partial charge in [-0.05, 0) is 35.6 Å². The molecule has 0 radical (unpaired) electrons. The summed E-state index contributed by atoms with van der Waals surface area (Å²) in [6.45, 7) is 8.74. The first kappa shape index (κ1) is 19.2. The number of halogens is 1. The number of benzene rings is 2. The van der Waals surface area contributed by atoms with Crippen LogP contribution in [0.4, 0.5) is 0 Å². The van der Waals surface area contributed by atoms with Crippen molar-refractivity contribution in [1.82, 2.24) is 4.72 Å². The Morgan fingerprint density at radius 3 is 2.04 bits per heavy atom. The molecule has 0 saturated heterocycles. The minimum Gasteiger partial charge on any atom is -0.210 e. The number of sulfonamides is 1. The van der Waals surface area contributed by atoms with Gasteiger partial charge in [-0.3, -0.25) is 0 Å². The Balaban J connectivity index is 2.04. The van der Waals surface area contributed by atoms with Gasteiger partial charge in [0.25, 0.3) is 0 Å². The van der Waals surface area contributed by atoms with Crippen LogP contribution in [-0.4, -0.2) is 15.0 Å². The Bertz CT molecular complexity index is 776. The van der Waals surface area contributed by atoms with Crippen LogP contribution in [0.2, 0.25) is 0 Å². The van der Waals surface area contributed by atoms with E-state index < -0.39 is 10.0 Å². The number of nitrogens with one attached hydrogen (secondary N) is 1. The topological polar surface area (TPSA) is 46.2 Å². The third-order valence-electron chi connectivity index (χ3n) is 3.92. The van der Waals surface area contributed by atoms with E-state index in [0.717, 1.165) is 11.1 Å². The molecule has 5 heteroatoms. The van der Waals surface area contributed by atoms with Crippen molar-refractivity contribution in [2.24, 2.45) is 0 Å². The summed E-state index contributed by atoms with van der Waals surface area (Å²) in [6, 6.07) is 15.1. The van der Waals surface area contributed by atoms with Crippen molar-refractivity contribution in [2.75, 3.05) is 6.54 Å². The minimum atomic E-state index is -3.49. The molecule has 130 valence electrons. The van der Waals surface area contributed by atoms with Crippen LogP contribution in [0.15, 0.2) is 53.4 Å². The highest BCUT2D eigenvalue weighted by molar-refractivity contribution is 9.09. The summed E-state index contributed by atoms with van der Waals surface area (Å²) >= 11 is 3.57. The van der Waals surface area contributed by atoms with E-state index in [0.29, 0.717) is 6.54 Å². The molecule has 0 spiro atoms. The lowest BCUT2D eigenvalue weighted by Gasteiger charge is -2.20. The van der Waals surface area contributed by atoms with Gasteiger partial charge in [0, 0.05) is 6.54 Å². The van der Waals surface area contributed by atoms with Gasteiger partial charge in [-0.25, -0.2) is 13.1 Å². The standard InChI is InChI=1S/C19H24BrNO2S/c1-14-5-11-17(12-6-14)24(22,23)21-13-18(20)15-7-9-16(10-8-15)19(2,3)4/h5-12,18,21H,13H2,1-4H3. The van der Waals surface area contributed by atoms with Gasteiger partial charge in [0.2, 0.25) is 10.0 Å². The van der Waals surface area contributed by atoms with E-state index in [2.05, 4.69) is 53.6 Å². The third kappa shape index (κ3) is 4.91. The van der Waals surface area contributed by atoms with Gasteiger partial charge >= 0.3 is 0 Å². The quantitative estimate of drug-likeness (QED) is 0.726. The summed E-state index contributed by atoms with van der Waals surface area (Å²) < 4.78 is 27.3. The predicted octanol–water partition coefficient (Wildman–Crippen LogP) is 4.71. The summed E-state index contributed by atoms with van der Waals surface area (Å²) in [5.74, 6) is 0. The van der Waals surface area contributed by atoms with Crippen LogP contribution in [0, 0.1) is 6.92 Å². The molecule has 0 aliphatic carbocycles. The van der Waals surface area contributed by atoms with Crippen molar-refractivity contribution in [3.63, 3.8) is 0 Å². The highest BCUT2D eigenvalue weighted by Gasteiger charge is 2.18. The van der Waals surface area contributed by atoms with E-state index >= 15 is 0 Å². The van der Waals surface area contributed by atoms with Crippen molar-refractivity contribution >= 4 is 26.0 Å². The SMILES string of the molecule is Cc1ccc(S(=O)(=O)NCC(Br)c2ccc(C(C)(C)C)cc2)cc1. The van der Waals surface area contributed by atoms with Gasteiger partial charge in [0.1, 0.15) is 0 Å². The molecule has 1 unspecified atom stereocenters. The maximum atomic E-state index is 12.3. The summed E-state index contributed by atoms with van der Waals surface area (Å²) in [5.41, 5.74) is 3.44. The number of aryl methyl sites for hydroxylation is 1. The zero-order chi connectivity index (χ0) is 18.0. The lowest BCUT2D eigenvalue weighted by atomic mass is 9.86. The zero-order valence-corrected chi connectivity index (χ0v) is 16.9. The van der Waals surface area contributed by atoms with Crippen LogP contribution in [0.5, 0.6) is 0 Å². The Morgan fingerprint density at radius 1 is 1.00 bits per heavy atom. The molecule has 0 amide bonds. The lowest BCUT2D eigenvalue weighted by Crippen LogP contribution is -2.27. The molecular formula is C19H24BrNO2S. The molecule has 2 aromatic rings. The molecule has 2 aromatic carbocycles. The van der Waals surface area contributed by atoms with E-state index in [1.54, 1.807) is 24.3 Å². The van der Waals surface area contributed by atoms with Gasteiger partial charge in [0.15, 0.2) is 0 Å². The maximum absolute atomic E-state index is 12.3. The van der Waals surface area contributed by atoms with Crippen molar-refractivity contribution in [1.29, 1.82) is 0 Å². The lowest BCUT2D eigenvalue weighted by molar-refractivity contribution is 0.581. The molecule has 0 heterocycles. The van der Waals surface area contributed by atoms with E-state index in [1.165, 1.54) is 5.56 Å². The van der Waals surface area contributed by atoms with Crippen molar-refractivity contribution in [3.05, 3.63) is 65.2 Å². The fourth-order valence-corrected chi connectivity index (χ4v) is 4.02. The van der Waals surface area contributed by atoms with Crippen LogP contribution in [0.1, 0.15) is 42.3 Å². The normalized spacial score (nSPS) is 13.7. The van der Waals surface area contributed by atoms with Crippen molar-refractivity contribution < 1.29 is 8.42 Å². The summed E-state index contributed by atoms with van der Waals surface area (Å²) in [6.07, 6.45) is 0. The predicted molar refractivity (Wildman–Crippen MR) is 103 cm³/mol. The molecule has 0 aliphatic rings. The van der Waals surface area contributed by atoms with E-state index in [4.69, 9.17) is 0 Å². The first-order valence-electron chi connectivity index (χ1n) is 7.90. The molecular weight excluding hydrogens is 386 g/mol. The van der Waals surface area contributed by atoms with Gasteiger partial charge in [-0.1, -0.05) is 78.7 Å². The Labute approximate surface area is 153 Å². The summed E-state index contributed by atoms with van der Waals surface area (Å²) in [7, 11) is -3.49. The fraction of sp³-hybridized carbons (Fsp3) is 0.368. The maximum Gasteiger partial charge on any atom is 0.240 e. The van der Waals surface area contributed by atoms with Crippen LogP contribution < -0.4 is 4.72 Å². The van der Waals surface area contributed by atoms with Gasteiger partial charge in [-0.15, -0.1) is 0 Å². The molecule has 0 aliphatic heterocycles. The largest absolute Gasteiger partial charge is 0.240 e. The second kappa shape index (κ2) is 7.38. The number of rotatable bonds is 5. The number of alkyl halides is 1. The molecule has 0 saturated carbocycles. The fourth-order valence-electron chi connectivity index (χ4n) is 2.29. The van der Waals surface area contributed by atoms with Crippen molar-refractivity contribution in [3.8, 4) is 0 Å². The number of hydrogen-bond acceptors (Lipinski definition) is 2. The van der Waals surface area contributed by atoms with Crippen LogP contribution in [0.3, 0.4) is 0 Å². The average Bonchev–Trinajstić information content (AvgIpc) is 2.52. The molecule has 1 N–H and O–H groups in total. The molecule has 3 nitrogen and oxygen atoms in total. The third-order valence-corrected chi connectivity index (χ3v) is 6.21. The van der Waals surface area contributed by atoms with E-state index in [9.17, 15) is 8.42 Å². The highest BCUT2D eigenvalue weighted by Crippen LogP contribution is 2.27. The van der Waals surface area contributed by atoms with Gasteiger partial charge in [-0.2, -0.15) is 0 Å². The Kier molecular flexibility index (Phi) is 5.89. The zero-order valence-electron chi connectivity index (χ0n) is 14.5. The van der Waals surface area contributed by atoms with Crippen LogP contribution >= 0.6 is 15.9 Å². The molecule has 0 fully saturated rings. The molecule has 2 rings (SSSR count). The molecule has 0 aromatic heterocycles. The monoisotopic (exact) mass is 409 g/mol. The second-order valence-electron chi connectivity index (χ2n) is 7.00. The first-order valence-corrected chi connectivity index (χ1v) is 10.3. The smallest absolute Gasteiger partial charge is 0.210 e. The van der Waals surface area contributed by atoms with E-state index in [-0.39, 0.29) is 15.1 Å². The van der Waals surface area contributed by atoms with E-state index in [1.807, 2.05) is 19.1 Å². The molecule has 24 heavy (non-hydrogen) atoms.